The van der Waals surface area contributed by atoms with E-state index < -0.39 is 0 Å². The van der Waals surface area contributed by atoms with Crippen LogP contribution in [0.25, 0.3) is 11.3 Å². The van der Waals surface area contributed by atoms with Crippen LogP contribution in [0.5, 0.6) is 0 Å². The van der Waals surface area contributed by atoms with Crippen LogP contribution >= 0.6 is 15.9 Å². The van der Waals surface area contributed by atoms with Gasteiger partial charge in [0.05, 0.1) is 5.69 Å². The van der Waals surface area contributed by atoms with Crippen molar-refractivity contribution in [2.24, 2.45) is 5.73 Å². The van der Waals surface area contributed by atoms with Crippen LogP contribution in [0.4, 0.5) is 0 Å². The number of nitrogens with two attached hydrogens (primary N) is 1. The number of hydrogen-bond donors (Lipinski definition) is 1. The van der Waals surface area contributed by atoms with E-state index in [1.54, 1.807) is 0 Å². The molecule has 1 aromatic carbocycles. The van der Waals surface area contributed by atoms with Gasteiger partial charge in [0, 0.05) is 23.8 Å². The molecule has 1 unspecified atom stereocenters. The number of fused-ring (bicyclic) bond motifs is 2. The molecule has 0 saturated heterocycles. The van der Waals surface area contributed by atoms with Crippen LogP contribution in [0.3, 0.4) is 0 Å². The summed E-state index contributed by atoms with van der Waals surface area (Å²) in [5.74, 6) is 0. The Morgan fingerprint density at radius 1 is 1.20 bits per heavy atom. The van der Waals surface area contributed by atoms with Crippen LogP contribution in [0, 0.1) is 0 Å². The molecule has 1 atom stereocenters. The molecule has 2 heterocycles. The average molecular weight is 332 g/mol. The first-order valence-corrected chi connectivity index (χ1v) is 8.14. The van der Waals surface area contributed by atoms with E-state index in [0.717, 1.165) is 29.8 Å². The molecular weight excluding hydrogens is 314 g/mol. The van der Waals surface area contributed by atoms with E-state index in [-0.39, 0.29) is 6.04 Å². The molecule has 0 saturated carbocycles. The Morgan fingerprint density at radius 2 is 2.05 bits per heavy atom. The molecule has 2 aliphatic rings. The summed E-state index contributed by atoms with van der Waals surface area (Å²) in [6.07, 6.45) is 5.81. The second-order valence-electron chi connectivity index (χ2n) is 5.92. The fraction of sp³-hybridized carbons (Fsp3) is 0.438. The monoisotopic (exact) mass is 331 g/mol. The zero-order valence-corrected chi connectivity index (χ0v) is 13.0. The van der Waals surface area contributed by atoms with Gasteiger partial charge >= 0.3 is 0 Å². The van der Waals surface area contributed by atoms with Crippen molar-refractivity contribution in [1.82, 2.24) is 9.55 Å². The molecule has 4 rings (SSSR count). The van der Waals surface area contributed by atoms with E-state index in [0.29, 0.717) is 0 Å². The number of hydrogen-bond acceptors (Lipinski definition) is 2. The predicted molar refractivity (Wildman–Crippen MR) is 83.7 cm³/mol. The second kappa shape index (κ2) is 4.71. The van der Waals surface area contributed by atoms with Gasteiger partial charge in [-0.3, -0.25) is 0 Å². The van der Waals surface area contributed by atoms with Crippen LogP contribution < -0.4 is 5.73 Å². The summed E-state index contributed by atoms with van der Waals surface area (Å²) < 4.78 is 3.15. The third-order valence-electron chi connectivity index (χ3n) is 4.57. The minimum Gasteiger partial charge on any atom is -0.326 e. The van der Waals surface area contributed by atoms with Crippen molar-refractivity contribution in [2.75, 3.05) is 0 Å². The van der Waals surface area contributed by atoms with E-state index in [4.69, 9.17) is 10.7 Å². The Balaban J connectivity index is 1.81. The minimum atomic E-state index is 0.251. The highest BCUT2D eigenvalue weighted by molar-refractivity contribution is 9.10. The quantitative estimate of drug-likeness (QED) is 0.872. The Labute approximate surface area is 127 Å². The molecule has 0 spiro atoms. The maximum absolute atomic E-state index is 6.07. The summed E-state index contributed by atoms with van der Waals surface area (Å²) in [6.45, 7) is 0.869. The van der Waals surface area contributed by atoms with Crippen molar-refractivity contribution in [3.8, 4) is 11.3 Å². The summed E-state index contributed by atoms with van der Waals surface area (Å²) in [6, 6.07) is 7.10. The number of nitrogens with zero attached hydrogens (tertiary/aromatic N) is 2. The molecule has 1 aromatic heterocycles. The summed E-state index contributed by atoms with van der Waals surface area (Å²) in [5, 5.41) is 0. The lowest BCUT2D eigenvalue weighted by Crippen LogP contribution is -2.31. The number of aryl methyl sites for hydroxylation is 2. The van der Waals surface area contributed by atoms with Gasteiger partial charge in [-0.1, -0.05) is 12.1 Å². The van der Waals surface area contributed by atoms with E-state index in [9.17, 15) is 0 Å². The fourth-order valence-electron chi connectivity index (χ4n) is 3.49. The van der Waals surface area contributed by atoms with Gasteiger partial charge < -0.3 is 10.3 Å². The molecule has 3 nitrogen and oxygen atoms in total. The Bertz CT molecular complexity index is 675. The van der Waals surface area contributed by atoms with Crippen LogP contribution in [0.15, 0.2) is 22.9 Å². The highest BCUT2D eigenvalue weighted by Crippen LogP contribution is 2.33. The molecule has 0 radical (unpaired) electrons. The molecular formula is C16H18BrN3. The van der Waals surface area contributed by atoms with Gasteiger partial charge in [-0.05, 0) is 65.2 Å². The molecule has 4 heteroatoms. The van der Waals surface area contributed by atoms with Crippen molar-refractivity contribution < 1.29 is 0 Å². The van der Waals surface area contributed by atoms with Gasteiger partial charge in [-0.15, -0.1) is 0 Å². The molecule has 2 aromatic rings. The van der Waals surface area contributed by atoms with Crippen LogP contribution in [0.1, 0.15) is 29.7 Å². The predicted octanol–water partition coefficient (Wildman–Crippen LogP) is 3.07. The minimum absolute atomic E-state index is 0.251. The van der Waals surface area contributed by atoms with Gasteiger partial charge in [0.1, 0.15) is 0 Å². The highest BCUT2D eigenvalue weighted by atomic mass is 79.9. The Hall–Kier alpha value is -1.13. The van der Waals surface area contributed by atoms with Crippen molar-refractivity contribution in [2.45, 2.75) is 44.7 Å². The SMILES string of the molecule is NC1CCc2c(-c3ccc4c(c3)CCC4)nc(Br)n2C1. The molecule has 0 bridgehead atoms. The molecule has 0 amide bonds. The largest absolute Gasteiger partial charge is 0.326 e. The zero-order valence-electron chi connectivity index (χ0n) is 11.4. The maximum Gasteiger partial charge on any atom is 0.177 e. The lowest BCUT2D eigenvalue weighted by Gasteiger charge is -2.22. The van der Waals surface area contributed by atoms with Crippen LogP contribution in [0.2, 0.25) is 0 Å². The standard InChI is InChI=1S/C16H18BrN3/c17-16-19-15(14-7-6-13(18)9-20(14)16)12-5-4-10-2-1-3-11(10)8-12/h4-5,8,13H,1-3,6-7,9,18H2. The van der Waals surface area contributed by atoms with Crippen molar-refractivity contribution in [3.63, 3.8) is 0 Å². The first kappa shape index (κ1) is 12.6. The number of imidazole rings is 1. The molecule has 104 valence electrons. The average Bonchev–Trinajstić information content (AvgIpc) is 3.03. The summed E-state index contributed by atoms with van der Waals surface area (Å²) >= 11 is 3.59. The fourth-order valence-corrected chi connectivity index (χ4v) is 4.03. The van der Waals surface area contributed by atoms with E-state index in [1.165, 1.54) is 41.6 Å². The second-order valence-corrected chi connectivity index (χ2v) is 6.63. The van der Waals surface area contributed by atoms with Crippen LogP contribution in [-0.4, -0.2) is 15.6 Å². The van der Waals surface area contributed by atoms with Gasteiger partial charge in [-0.25, -0.2) is 4.98 Å². The Morgan fingerprint density at radius 3 is 2.95 bits per heavy atom. The lowest BCUT2D eigenvalue weighted by atomic mass is 9.99. The van der Waals surface area contributed by atoms with Crippen molar-refractivity contribution in [1.29, 1.82) is 0 Å². The molecule has 1 aliphatic carbocycles. The van der Waals surface area contributed by atoms with E-state index >= 15 is 0 Å². The summed E-state index contributed by atoms with van der Waals surface area (Å²) in [4.78, 5) is 4.75. The first-order chi connectivity index (χ1) is 9.72. The highest BCUT2D eigenvalue weighted by Gasteiger charge is 2.24. The Kier molecular flexibility index (Phi) is 2.97. The summed E-state index contributed by atoms with van der Waals surface area (Å²) in [7, 11) is 0. The van der Waals surface area contributed by atoms with Crippen LogP contribution in [-0.2, 0) is 25.8 Å². The third kappa shape index (κ3) is 1.93. The van der Waals surface area contributed by atoms with E-state index in [1.807, 2.05) is 0 Å². The molecule has 20 heavy (non-hydrogen) atoms. The van der Waals surface area contributed by atoms with Crippen molar-refractivity contribution >= 4 is 15.9 Å². The normalized spacial score (nSPS) is 20.8. The maximum atomic E-state index is 6.07. The topological polar surface area (TPSA) is 43.8 Å². The van der Waals surface area contributed by atoms with Gasteiger partial charge in [0.15, 0.2) is 4.73 Å². The van der Waals surface area contributed by atoms with Gasteiger partial charge in [0.25, 0.3) is 0 Å². The van der Waals surface area contributed by atoms with Gasteiger partial charge in [0.2, 0.25) is 0 Å². The number of rotatable bonds is 1. The van der Waals surface area contributed by atoms with E-state index in [2.05, 4.69) is 38.7 Å². The third-order valence-corrected chi connectivity index (χ3v) is 5.17. The molecule has 2 N–H and O–H groups in total. The first-order valence-electron chi connectivity index (χ1n) is 7.35. The lowest BCUT2D eigenvalue weighted by molar-refractivity contribution is 0.455. The molecule has 1 aliphatic heterocycles. The van der Waals surface area contributed by atoms with Crippen molar-refractivity contribution in [3.05, 3.63) is 39.8 Å². The number of aromatic nitrogens is 2. The van der Waals surface area contributed by atoms with Gasteiger partial charge in [-0.2, -0.15) is 0 Å². The smallest absolute Gasteiger partial charge is 0.177 e. The summed E-state index contributed by atoms with van der Waals surface area (Å²) in [5.41, 5.74) is 12.8. The number of halogens is 1. The molecule has 0 fully saturated rings. The number of benzene rings is 1. The zero-order chi connectivity index (χ0) is 13.7.